The molecule has 3 rings (SSSR count). The highest BCUT2D eigenvalue weighted by atomic mass is 35.5. The van der Waals surface area contributed by atoms with E-state index in [-0.39, 0.29) is 12.4 Å². The molecule has 2 heterocycles. The van der Waals surface area contributed by atoms with Gasteiger partial charge in [0.05, 0.1) is 37.5 Å². The molecule has 8 heteroatoms. The first-order chi connectivity index (χ1) is 12.6. The monoisotopic (exact) mass is 426 g/mol. The summed E-state index contributed by atoms with van der Waals surface area (Å²) in [6.07, 6.45) is 1.58. The molecule has 1 amide bonds. The molecule has 0 atom stereocenters. The number of amides is 1. The highest BCUT2D eigenvalue weighted by Gasteiger charge is 2.30. The van der Waals surface area contributed by atoms with Gasteiger partial charge in [-0.15, -0.1) is 0 Å². The number of rotatable bonds is 2. The molecule has 1 aromatic carbocycles. The van der Waals surface area contributed by atoms with Crippen molar-refractivity contribution in [2.75, 3.05) is 13.7 Å². The maximum absolute atomic E-state index is 14.4. The van der Waals surface area contributed by atoms with Crippen molar-refractivity contribution in [3.05, 3.63) is 45.3 Å². The van der Waals surface area contributed by atoms with Crippen molar-refractivity contribution in [3.8, 4) is 11.3 Å². The van der Waals surface area contributed by atoms with Crippen LogP contribution in [-0.2, 0) is 17.7 Å². The van der Waals surface area contributed by atoms with E-state index in [0.29, 0.717) is 39.8 Å². The van der Waals surface area contributed by atoms with E-state index in [1.807, 2.05) is 0 Å². The first kappa shape index (κ1) is 20.1. The number of benzene rings is 1. The molecule has 0 fully saturated rings. The minimum absolute atomic E-state index is 0.248. The first-order valence-electron chi connectivity index (χ1n) is 8.63. The molecule has 0 N–H and O–H groups in total. The van der Waals surface area contributed by atoms with Gasteiger partial charge in [0.2, 0.25) is 0 Å². The van der Waals surface area contributed by atoms with Gasteiger partial charge in [0.25, 0.3) is 0 Å². The van der Waals surface area contributed by atoms with Crippen molar-refractivity contribution in [3.63, 3.8) is 0 Å². The lowest BCUT2D eigenvalue weighted by Gasteiger charge is -2.30. The highest BCUT2D eigenvalue weighted by molar-refractivity contribution is 6.91. The molecule has 1 aliphatic heterocycles. The van der Waals surface area contributed by atoms with Crippen molar-refractivity contribution in [2.24, 2.45) is 0 Å². The molecule has 0 saturated carbocycles. The predicted molar refractivity (Wildman–Crippen MR) is 109 cm³/mol. The summed E-state index contributed by atoms with van der Waals surface area (Å²) >= 11 is 13.1. The molecular formula is C19H21Cl2FN2O2Si. The number of hydrogen-bond acceptors (Lipinski definition) is 3. The number of pyridine rings is 1. The first-order valence-corrected chi connectivity index (χ1v) is 12.9. The summed E-state index contributed by atoms with van der Waals surface area (Å²) < 4.78 is 19.2. The van der Waals surface area contributed by atoms with E-state index in [4.69, 9.17) is 27.9 Å². The second kappa shape index (κ2) is 7.41. The SMILES string of the molecule is COC(=O)N1CCc2c(F)ccc(-c3ncc(Cl)c([Si](C)(C)C)c3Cl)c2C1. The molecule has 27 heavy (non-hydrogen) atoms. The van der Waals surface area contributed by atoms with Crippen LogP contribution in [-0.4, -0.2) is 37.7 Å². The Morgan fingerprint density at radius 3 is 2.59 bits per heavy atom. The molecule has 0 bridgehead atoms. The maximum atomic E-state index is 14.4. The molecule has 1 aromatic heterocycles. The van der Waals surface area contributed by atoms with Gasteiger partial charge in [-0.1, -0.05) is 42.8 Å². The lowest BCUT2D eigenvalue weighted by molar-refractivity contribution is 0.118. The standard InChI is InChI=1S/C19H21Cl2FN2O2Si/c1-26-19(25)24-8-7-11-13(10-24)12(5-6-15(11)22)17-16(21)18(27(2,3)4)14(20)9-23-17/h5-6,9H,7-8,10H2,1-4H3. The summed E-state index contributed by atoms with van der Waals surface area (Å²) in [7, 11) is -0.497. The number of methoxy groups -OCH3 is 1. The molecule has 4 nitrogen and oxygen atoms in total. The van der Waals surface area contributed by atoms with E-state index in [9.17, 15) is 9.18 Å². The predicted octanol–water partition coefficient (Wildman–Crippen LogP) is 4.86. The summed E-state index contributed by atoms with van der Waals surface area (Å²) in [5.74, 6) is -0.284. The summed E-state index contributed by atoms with van der Waals surface area (Å²) in [6, 6.07) is 3.10. The van der Waals surface area contributed by atoms with Crippen molar-refractivity contribution in [2.45, 2.75) is 32.6 Å². The Bertz CT molecular complexity index is 916. The Morgan fingerprint density at radius 1 is 1.26 bits per heavy atom. The van der Waals surface area contributed by atoms with Crippen molar-refractivity contribution >= 4 is 42.6 Å². The van der Waals surface area contributed by atoms with Crippen LogP contribution in [0.3, 0.4) is 0 Å². The number of ether oxygens (including phenoxy) is 1. The molecule has 0 unspecified atom stereocenters. The number of halogens is 3. The minimum atomic E-state index is -1.83. The molecule has 0 radical (unpaired) electrons. The quantitative estimate of drug-likeness (QED) is 0.643. The Hall–Kier alpha value is -1.63. The van der Waals surface area contributed by atoms with Gasteiger partial charge >= 0.3 is 6.09 Å². The second-order valence-corrected chi connectivity index (χ2v) is 13.4. The summed E-state index contributed by atoms with van der Waals surface area (Å²) in [5.41, 5.74) is 2.60. The zero-order valence-corrected chi connectivity index (χ0v) is 18.2. The molecule has 144 valence electrons. The fraction of sp³-hybridized carbons (Fsp3) is 0.368. The fourth-order valence-electron chi connectivity index (χ4n) is 3.48. The third kappa shape index (κ3) is 3.70. The Morgan fingerprint density at radius 2 is 1.96 bits per heavy atom. The summed E-state index contributed by atoms with van der Waals surface area (Å²) in [4.78, 5) is 18.0. The van der Waals surface area contributed by atoms with Crippen LogP contribution in [0.4, 0.5) is 9.18 Å². The van der Waals surface area contributed by atoms with E-state index < -0.39 is 14.2 Å². The van der Waals surface area contributed by atoms with Crippen LogP contribution in [0.1, 0.15) is 11.1 Å². The largest absolute Gasteiger partial charge is 0.453 e. The van der Waals surface area contributed by atoms with Gasteiger partial charge < -0.3 is 9.64 Å². The van der Waals surface area contributed by atoms with E-state index in [1.54, 1.807) is 17.2 Å². The number of carbonyl (C=O) groups is 1. The van der Waals surface area contributed by atoms with Gasteiger partial charge in [-0.05, 0) is 34.9 Å². The van der Waals surface area contributed by atoms with E-state index in [1.165, 1.54) is 13.2 Å². The van der Waals surface area contributed by atoms with Crippen LogP contribution in [0.15, 0.2) is 18.3 Å². The van der Waals surface area contributed by atoms with Gasteiger partial charge in [0.1, 0.15) is 5.82 Å². The van der Waals surface area contributed by atoms with Gasteiger partial charge in [-0.3, -0.25) is 4.98 Å². The minimum Gasteiger partial charge on any atom is -0.453 e. The van der Waals surface area contributed by atoms with E-state index >= 15 is 0 Å². The smallest absolute Gasteiger partial charge is 0.409 e. The lowest BCUT2D eigenvalue weighted by atomic mass is 9.92. The highest BCUT2D eigenvalue weighted by Crippen LogP contribution is 2.35. The van der Waals surface area contributed by atoms with Crippen LogP contribution < -0.4 is 5.19 Å². The average molecular weight is 427 g/mol. The molecule has 0 spiro atoms. The average Bonchev–Trinajstić information content (AvgIpc) is 2.61. The number of hydrogen-bond donors (Lipinski definition) is 0. The van der Waals surface area contributed by atoms with Crippen LogP contribution in [0.2, 0.25) is 29.7 Å². The Balaban J connectivity index is 2.19. The van der Waals surface area contributed by atoms with Crippen LogP contribution in [0.5, 0.6) is 0 Å². The van der Waals surface area contributed by atoms with Crippen LogP contribution in [0.25, 0.3) is 11.3 Å². The van der Waals surface area contributed by atoms with Crippen molar-refractivity contribution < 1.29 is 13.9 Å². The van der Waals surface area contributed by atoms with Crippen LogP contribution >= 0.6 is 23.2 Å². The number of nitrogens with zero attached hydrogens (tertiary/aromatic N) is 2. The molecular weight excluding hydrogens is 406 g/mol. The Kier molecular flexibility index (Phi) is 5.52. The van der Waals surface area contributed by atoms with Gasteiger partial charge in [-0.2, -0.15) is 0 Å². The van der Waals surface area contributed by atoms with Crippen molar-refractivity contribution in [1.29, 1.82) is 0 Å². The number of carbonyl (C=O) groups excluding carboxylic acids is 1. The molecule has 0 aliphatic carbocycles. The third-order valence-electron chi connectivity index (χ3n) is 4.77. The maximum Gasteiger partial charge on any atom is 0.409 e. The summed E-state index contributed by atoms with van der Waals surface area (Å²) in [6.45, 7) is 7.12. The van der Waals surface area contributed by atoms with E-state index in [2.05, 4.69) is 24.6 Å². The molecule has 1 aliphatic rings. The second-order valence-electron chi connectivity index (χ2n) is 7.59. The topological polar surface area (TPSA) is 42.4 Å². The third-order valence-corrected chi connectivity index (χ3v) is 7.76. The molecule has 0 saturated heterocycles. The van der Waals surface area contributed by atoms with Crippen molar-refractivity contribution in [1.82, 2.24) is 9.88 Å². The summed E-state index contributed by atoms with van der Waals surface area (Å²) in [5, 5.41) is 1.98. The van der Waals surface area contributed by atoms with E-state index in [0.717, 1.165) is 10.8 Å². The zero-order chi connectivity index (χ0) is 19.9. The normalized spacial score (nSPS) is 14.1. The van der Waals surface area contributed by atoms with Gasteiger partial charge in [-0.25, -0.2) is 9.18 Å². The van der Waals surface area contributed by atoms with Crippen LogP contribution in [0, 0.1) is 5.82 Å². The number of fused-ring (bicyclic) bond motifs is 1. The number of aromatic nitrogens is 1. The fourth-order valence-corrected chi connectivity index (χ4v) is 7.18. The molecule has 2 aromatic rings. The Labute approximate surface area is 169 Å². The van der Waals surface area contributed by atoms with Gasteiger partial charge in [0.15, 0.2) is 0 Å². The lowest BCUT2D eigenvalue weighted by Crippen LogP contribution is -2.40. The zero-order valence-electron chi connectivity index (χ0n) is 15.7. The van der Waals surface area contributed by atoms with Gasteiger partial charge in [0, 0.05) is 18.3 Å².